The lowest BCUT2D eigenvalue weighted by atomic mass is 10.1. The van der Waals surface area contributed by atoms with Crippen molar-refractivity contribution in [3.05, 3.63) is 23.8 Å². The van der Waals surface area contributed by atoms with Crippen LogP contribution in [0.1, 0.15) is 5.56 Å². The van der Waals surface area contributed by atoms with Gasteiger partial charge in [0, 0.05) is 14.1 Å². The zero-order valence-electron chi connectivity index (χ0n) is 10.3. The molecule has 0 saturated heterocycles. The van der Waals surface area contributed by atoms with Crippen molar-refractivity contribution in [2.24, 2.45) is 5.84 Å². The van der Waals surface area contributed by atoms with Gasteiger partial charge < -0.3 is 9.64 Å². The van der Waals surface area contributed by atoms with E-state index in [9.17, 15) is 9.59 Å². The average Bonchev–Trinajstić information content (AvgIpc) is 2.34. The number of likely N-dealkylation sites (N-methyl/N-ethyl adjacent to an activating group) is 2. The van der Waals surface area contributed by atoms with Crippen LogP contribution in [0.4, 0.5) is 5.69 Å². The van der Waals surface area contributed by atoms with E-state index in [2.05, 4.69) is 0 Å². The van der Waals surface area contributed by atoms with E-state index >= 15 is 0 Å². The van der Waals surface area contributed by atoms with E-state index < -0.39 is 0 Å². The van der Waals surface area contributed by atoms with Crippen molar-refractivity contribution < 1.29 is 14.3 Å². The maximum Gasteiger partial charge on any atom is 0.264 e. The minimum atomic E-state index is -0.194. The Morgan fingerprint density at radius 2 is 2.28 bits per heavy atom. The minimum Gasteiger partial charge on any atom is -0.482 e. The van der Waals surface area contributed by atoms with Crippen LogP contribution in [0.25, 0.3) is 0 Å². The predicted octanol–water partition coefficient (Wildman–Crippen LogP) is -0.0836. The fourth-order valence-electron chi connectivity index (χ4n) is 1.73. The zero-order valence-corrected chi connectivity index (χ0v) is 10.3. The van der Waals surface area contributed by atoms with Gasteiger partial charge in [-0.1, -0.05) is 6.07 Å². The third-order valence-electron chi connectivity index (χ3n) is 2.86. The number of hydrazine groups is 1. The molecule has 2 rings (SSSR count). The molecule has 0 fully saturated rings. The number of carbonyl (C=O) groups is 2. The van der Waals surface area contributed by atoms with E-state index in [1.165, 1.54) is 11.9 Å². The van der Waals surface area contributed by atoms with Gasteiger partial charge in [-0.15, -0.1) is 0 Å². The molecule has 18 heavy (non-hydrogen) atoms. The summed E-state index contributed by atoms with van der Waals surface area (Å²) in [7, 11) is 3.18. The van der Waals surface area contributed by atoms with Gasteiger partial charge in [0.05, 0.1) is 12.1 Å². The van der Waals surface area contributed by atoms with Crippen molar-refractivity contribution in [1.82, 2.24) is 5.01 Å². The summed E-state index contributed by atoms with van der Waals surface area (Å²) in [6.45, 7) is 0.0489. The second-order valence-corrected chi connectivity index (χ2v) is 4.22. The highest BCUT2D eigenvalue weighted by atomic mass is 16.5. The molecule has 1 aromatic carbocycles. The van der Waals surface area contributed by atoms with Crippen LogP contribution in [0.5, 0.6) is 5.75 Å². The molecule has 1 heterocycles. The first-order valence-corrected chi connectivity index (χ1v) is 5.52. The molecular weight excluding hydrogens is 234 g/mol. The van der Waals surface area contributed by atoms with Crippen molar-refractivity contribution in [3.63, 3.8) is 0 Å². The van der Waals surface area contributed by atoms with Gasteiger partial charge in [0.1, 0.15) is 5.75 Å². The van der Waals surface area contributed by atoms with Crippen LogP contribution in [0.15, 0.2) is 18.2 Å². The molecule has 2 N–H and O–H groups in total. The second kappa shape index (κ2) is 4.66. The molecule has 96 valence electrons. The number of nitrogens with zero attached hydrogens (tertiary/aromatic N) is 2. The van der Waals surface area contributed by atoms with Gasteiger partial charge in [-0.25, -0.2) is 5.84 Å². The smallest absolute Gasteiger partial charge is 0.264 e. The number of hydrogen-bond donors (Lipinski definition) is 1. The first-order chi connectivity index (χ1) is 8.49. The summed E-state index contributed by atoms with van der Waals surface area (Å²) in [5.74, 6) is 5.71. The molecule has 0 aliphatic carbocycles. The van der Waals surface area contributed by atoms with Crippen molar-refractivity contribution in [1.29, 1.82) is 0 Å². The molecule has 0 atom stereocenters. The van der Waals surface area contributed by atoms with E-state index in [0.29, 0.717) is 11.4 Å². The van der Waals surface area contributed by atoms with Gasteiger partial charge in [-0.05, 0) is 17.7 Å². The first-order valence-electron chi connectivity index (χ1n) is 5.52. The molecule has 6 heteroatoms. The lowest BCUT2D eigenvalue weighted by Crippen LogP contribution is -2.36. The molecule has 1 aliphatic heterocycles. The van der Waals surface area contributed by atoms with Crippen molar-refractivity contribution in [2.45, 2.75) is 6.42 Å². The Kier molecular flexibility index (Phi) is 3.20. The molecule has 0 spiro atoms. The predicted molar refractivity (Wildman–Crippen MR) is 66.0 cm³/mol. The highest BCUT2D eigenvalue weighted by Gasteiger charge is 2.22. The van der Waals surface area contributed by atoms with Crippen LogP contribution in [0, 0.1) is 0 Å². The molecule has 1 aromatic rings. The zero-order chi connectivity index (χ0) is 13.3. The standard InChI is InChI=1S/C12H15N3O3/c1-14-9-5-8(6-11(16)15(2)13)3-4-10(9)18-7-12(14)17/h3-5H,6-7,13H2,1-2H3. The third kappa shape index (κ3) is 2.28. The molecule has 0 saturated carbocycles. The molecule has 6 nitrogen and oxygen atoms in total. The molecule has 2 amide bonds. The monoisotopic (exact) mass is 249 g/mol. The first kappa shape index (κ1) is 12.4. The number of benzene rings is 1. The Labute approximate surface area is 105 Å². The van der Waals surface area contributed by atoms with Gasteiger partial charge >= 0.3 is 0 Å². The number of nitrogens with two attached hydrogens (primary N) is 1. The van der Waals surface area contributed by atoms with Gasteiger partial charge in [-0.2, -0.15) is 0 Å². The fraction of sp³-hybridized carbons (Fsp3) is 0.333. The Morgan fingerprint density at radius 3 is 2.94 bits per heavy atom. The van der Waals surface area contributed by atoms with Crippen LogP contribution in [0.2, 0.25) is 0 Å². The lowest BCUT2D eigenvalue weighted by molar-refractivity contribution is -0.129. The highest BCUT2D eigenvalue weighted by molar-refractivity contribution is 5.97. The number of ether oxygens (including phenoxy) is 1. The number of carbonyl (C=O) groups excluding carboxylic acids is 2. The molecule has 1 aliphatic rings. The molecular formula is C12H15N3O3. The van der Waals surface area contributed by atoms with Crippen molar-refractivity contribution in [2.75, 3.05) is 25.6 Å². The summed E-state index contributed by atoms with van der Waals surface area (Å²) in [6.07, 6.45) is 0.197. The molecule has 0 aromatic heterocycles. The number of rotatable bonds is 2. The normalized spacial score (nSPS) is 13.9. The molecule has 0 unspecified atom stereocenters. The SMILES string of the molecule is CN(N)C(=O)Cc1ccc2c(c1)N(C)C(=O)CO2. The van der Waals surface area contributed by atoms with Gasteiger partial charge in [0.15, 0.2) is 6.61 Å². The van der Waals surface area contributed by atoms with Gasteiger partial charge in [-0.3, -0.25) is 14.6 Å². The maximum atomic E-state index is 11.5. The summed E-state index contributed by atoms with van der Waals surface area (Å²) in [4.78, 5) is 24.5. The third-order valence-corrected chi connectivity index (χ3v) is 2.86. The van der Waals surface area contributed by atoms with Crippen LogP contribution >= 0.6 is 0 Å². The van der Waals surface area contributed by atoms with Crippen molar-refractivity contribution >= 4 is 17.5 Å². The Bertz CT molecular complexity index is 499. The number of hydrogen-bond acceptors (Lipinski definition) is 4. The van der Waals surface area contributed by atoms with E-state index in [1.54, 1.807) is 25.2 Å². The average molecular weight is 249 g/mol. The summed E-state index contributed by atoms with van der Waals surface area (Å²) in [5.41, 5.74) is 1.47. The summed E-state index contributed by atoms with van der Waals surface area (Å²) in [5, 5.41) is 1.05. The second-order valence-electron chi connectivity index (χ2n) is 4.22. The minimum absolute atomic E-state index is 0.0489. The van der Waals surface area contributed by atoms with E-state index in [4.69, 9.17) is 10.6 Å². The quantitative estimate of drug-likeness (QED) is 0.452. The molecule has 0 radical (unpaired) electrons. The highest BCUT2D eigenvalue weighted by Crippen LogP contribution is 2.32. The molecule has 0 bridgehead atoms. The largest absolute Gasteiger partial charge is 0.482 e. The van der Waals surface area contributed by atoms with Crippen LogP contribution in [-0.4, -0.2) is 37.5 Å². The Hall–Kier alpha value is -2.08. The fourth-order valence-corrected chi connectivity index (χ4v) is 1.73. The van der Waals surface area contributed by atoms with E-state index in [1.807, 2.05) is 0 Å². The maximum absolute atomic E-state index is 11.5. The van der Waals surface area contributed by atoms with Crippen LogP contribution in [0.3, 0.4) is 0 Å². The van der Waals surface area contributed by atoms with E-state index in [0.717, 1.165) is 10.6 Å². The summed E-state index contributed by atoms with van der Waals surface area (Å²) in [6, 6.07) is 5.33. The van der Waals surface area contributed by atoms with Crippen molar-refractivity contribution in [3.8, 4) is 5.75 Å². The van der Waals surface area contributed by atoms with Gasteiger partial charge in [0.25, 0.3) is 5.91 Å². The van der Waals surface area contributed by atoms with E-state index in [-0.39, 0.29) is 24.8 Å². The number of fused-ring (bicyclic) bond motifs is 1. The summed E-state index contributed by atoms with van der Waals surface area (Å²) >= 11 is 0. The topological polar surface area (TPSA) is 75.9 Å². The number of anilines is 1. The van der Waals surface area contributed by atoms with Crippen LogP contribution in [-0.2, 0) is 16.0 Å². The lowest BCUT2D eigenvalue weighted by Gasteiger charge is -2.26. The van der Waals surface area contributed by atoms with Gasteiger partial charge in [0.2, 0.25) is 5.91 Å². The Balaban J connectivity index is 2.26. The number of amides is 2. The Morgan fingerprint density at radius 1 is 1.56 bits per heavy atom. The van der Waals surface area contributed by atoms with Crippen LogP contribution < -0.4 is 15.5 Å². The summed E-state index contributed by atoms with van der Waals surface area (Å²) < 4.78 is 5.30.